The lowest BCUT2D eigenvalue weighted by atomic mass is 9.96. The van der Waals surface area contributed by atoms with Gasteiger partial charge in [-0.3, -0.25) is 4.79 Å². The van der Waals surface area contributed by atoms with Crippen molar-refractivity contribution in [2.45, 2.75) is 33.2 Å². The summed E-state index contributed by atoms with van der Waals surface area (Å²) in [6.45, 7) is 9.00. The Hall–Kier alpha value is -1.35. The van der Waals surface area contributed by atoms with Gasteiger partial charge in [-0.2, -0.15) is 0 Å². The molecule has 1 aromatic carbocycles. The molecule has 3 nitrogen and oxygen atoms in total. The number of nitrogens with zero attached hydrogens (tertiary/aromatic N) is 1. The topological polar surface area (TPSA) is 32.3 Å². The fourth-order valence-electron chi connectivity index (χ4n) is 2.78. The summed E-state index contributed by atoms with van der Waals surface area (Å²) in [7, 11) is 1.91. The van der Waals surface area contributed by atoms with Crippen LogP contribution in [0.1, 0.15) is 37.8 Å². The second-order valence-electron chi connectivity index (χ2n) is 6.33. The van der Waals surface area contributed by atoms with Gasteiger partial charge in [0.2, 0.25) is 5.91 Å². The molecule has 0 aliphatic carbocycles. The summed E-state index contributed by atoms with van der Waals surface area (Å²) in [6.07, 6.45) is 0. The van der Waals surface area contributed by atoms with Gasteiger partial charge in [0.05, 0.1) is 5.92 Å². The molecule has 0 aromatic heterocycles. The number of amides is 1. The van der Waals surface area contributed by atoms with Crippen molar-refractivity contribution in [2.24, 2.45) is 11.8 Å². The van der Waals surface area contributed by atoms with Crippen LogP contribution in [0.3, 0.4) is 0 Å². The van der Waals surface area contributed by atoms with Crippen LogP contribution in [0.5, 0.6) is 0 Å². The molecule has 1 aliphatic heterocycles. The van der Waals surface area contributed by atoms with Crippen LogP contribution in [-0.4, -0.2) is 30.9 Å². The van der Waals surface area contributed by atoms with Crippen LogP contribution in [0.25, 0.3) is 0 Å². The maximum absolute atomic E-state index is 12.4. The monoisotopic (exact) mass is 274 g/mol. The number of carbonyl (C=O) groups excluding carboxylic acids is 1. The Kier molecular flexibility index (Phi) is 4.81. The molecule has 1 aromatic rings. The zero-order valence-electron chi connectivity index (χ0n) is 13.0. The van der Waals surface area contributed by atoms with Crippen molar-refractivity contribution in [1.82, 2.24) is 10.2 Å². The quantitative estimate of drug-likeness (QED) is 0.915. The average molecular weight is 274 g/mol. The molecule has 1 aliphatic rings. The smallest absolute Gasteiger partial charge is 0.227 e. The van der Waals surface area contributed by atoms with E-state index in [1.54, 1.807) is 0 Å². The Balaban J connectivity index is 1.96. The van der Waals surface area contributed by atoms with Crippen LogP contribution in [-0.2, 0) is 11.3 Å². The second-order valence-corrected chi connectivity index (χ2v) is 6.33. The first-order valence-corrected chi connectivity index (χ1v) is 7.53. The largest absolute Gasteiger partial charge is 0.341 e. The Labute approximate surface area is 122 Å². The molecule has 0 spiro atoms. The molecule has 1 fully saturated rings. The lowest BCUT2D eigenvalue weighted by Gasteiger charge is -2.23. The molecule has 110 valence electrons. The third kappa shape index (κ3) is 3.40. The van der Waals surface area contributed by atoms with Gasteiger partial charge < -0.3 is 10.2 Å². The van der Waals surface area contributed by atoms with Crippen molar-refractivity contribution < 1.29 is 4.79 Å². The molecule has 0 radical (unpaired) electrons. The van der Waals surface area contributed by atoms with Crippen molar-refractivity contribution >= 4 is 5.91 Å². The third-order valence-electron chi connectivity index (χ3n) is 4.28. The van der Waals surface area contributed by atoms with Crippen molar-refractivity contribution in [2.75, 3.05) is 20.1 Å². The first-order valence-electron chi connectivity index (χ1n) is 7.53. The first kappa shape index (κ1) is 15.0. The van der Waals surface area contributed by atoms with Gasteiger partial charge in [-0.15, -0.1) is 0 Å². The minimum Gasteiger partial charge on any atom is -0.341 e. The van der Waals surface area contributed by atoms with Crippen LogP contribution in [0, 0.1) is 11.8 Å². The van der Waals surface area contributed by atoms with Crippen LogP contribution in [0.15, 0.2) is 24.3 Å². The Bertz CT molecular complexity index is 453. The lowest BCUT2D eigenvalue weighted by Crippen LogP contribution is -2.35. The average Bonchev–Trinajstić information content (AvgIpc) is 2.84. The molecular formula is C17H26N2O. The van der Waals surface area contributed by atoms with E-state index in [1.807, 2.05) is 11.9 Å². The summed E-state index contributed by atoms with van der Waals surface area (Å²) in [5.74, 6) is 1.38. The predicted octanol–water partition coefficient (Wildman–Crippen LogP) is 2.62. The molecule has 1 amide bonds. The van der Waals surface area contributed by atoms with Crippen LogP contribution < -0.4 is 5.32 Å². The molecule has 1 heterocycles. The van der Waals surface area contributed by atoms with Gasteiger partial charge in [-0.25, -0.2) is 0 Å². The normalized spacial score (nSPS) is 22.2. The van der Waals surface area contributed by atoms with Gasteiger partial charge in [-0.1, -0.05) is 45.0 Å². The lowest BCUT2D eigenvalue weighted by molar-refractivity contribution is -0.135. The maximum atomic E-state index is 12.4. The summed E-state index contributed by atoms with van der Waals surface area (Å²) >= 11 is 0. The highest BCUT2D eigenvalue weighted by atomic mass is 16.2. The molecule has 0 saturated carbocycles. The van der Waals surface area contributed by atoms with Crippen LogP contribution in [0.4, 0.5) is 0 Å². The van der Waals surface area contributed by atoms with Crippen molar-refractivity contribution in [3.8, 4) is 0 Å². The zero-order valence-corrected chi connectivity index (χ0v) is 13.0. The summed E-state index contributed by atoms with van der Waals surface area (Å²) in [5.41, 5.74) is 2.54. The second kappa shape index (κ2) is 6.40. The number of nitrogens with one attached hydrogen (secondary N) is 1. The van der Waals surface area contributed by atoms with E-state index < -0.39 is 0 Å². The van der Waals surface area contributed by atoms with Gasteiger partial charge >= 0.3 is 0 Å². The van der Waals surface area contributed by atoms with Gasteiger partial charge in [0.25, 0.3) is 0 Å². The van der Waals surface area contributed by atoms with Gasteiger partial charge in [-0.05, 0) is 29.5 Å². The summed E-state index contributed by atoms with van der Waals surface area (Å²) in [5, 5.41) is 3.29. The fraction of sp³-hybridized carbons (Fsp3) is 0.588. The number of hydrogen-bond acceptors (Lipinski definition) is 2. The van der Waals surface area contributed by atoms with Gasteiger partial charge in [0.1, 0.15) is 0 Å². The summed E-state index contributed by atoms with van der Waals surface area (Å²) in [6, 6.07) is 8.60. The van der Waals surface area contributed by atoms with Crippen LogP contribution >= 0.6 is 0 Å². The van der Waals surface area contributed by atoms with E-state index in [0.717, 1.165) is 13.1 Å². The van der Waals surface area contributed by atoms with Gasteiger partial charge in [0.15, 0.2) is 0 Å². The van der Waals surface area contributed by atoms with E-state index in [0.29, 0.717) is 18.4 Å². The highest BCUT2D eigenvalue weighted by molar-refractivity contribution is 5.79. The van der Waals surface area contributed by atoms with Crippen molar-refractivity contribution in [1.29, 1.82) is 0 Å². The molecule has 2 atom stereocenters. The third-order valence-corrected chi connectivity index (χ3v) is 4.28. The maximum Gasteiger partial charge on any atom is 0.227 e. The standard InChI is InChI=1S/C17H26N2O/c1-12(2)15-7-5-14(6-8-15)11-19(4)17(20)16-10-18-9-13(16)3/h5-8,12-13,16,18H,9-11H2,1-4H3. The number of rotatable bonds is 4. The molecule has 20 heavy (non-hydrogen) atoms. The molecule has 1 saturated heterocycles. The number of benzene rings is 1. The number of hydrogen-bond donors (Lipinski definition) is 1. The minimum absolute atomic E-state index is 0.134. The summed E-state index contributed by atoms with van der Waals surface area (Å²) < 4.78 is 0. The predicted molar refractivity (Wildman–Crippen MR) is 82.5 cm³/mol. The molecule has 3 heteroatoms. The molecule has 2 unspecified atom stereocenters. The molecule has 0 bridgehead atoms. The Morgan fingerprint density at radius 1 is 1.30 bits per heavy atom. The highest BCUT2D eigenvalue weighted by Crippen LogP contribution is 2.20. The summed E-state index contributed by atoms with van der Waals surface area (Å²) in [4.78, 5) is 14.3. The molecule has 2 rings (SSSR count). The van der Waals surface area contributed by atoms with E-state index in [2.05, 4.69) is 50.4 Å². The minimum atomic E-state index is 0.134. The Morgan fingerprint density at radius 3 is 2.45 bits per heavy atom. The zero-order chi connectivity index (χ0) is 14.7. The number of carbonyl (C=O) groups is 1. The van der Waals surface area contributed by atoms with Crippen molar-refractivity contribution in [3.05, 3.63) is 35.4 Å². The molecular weight excluding hydrogens is 248 g/mol. The van der Waals surface area contributed by atoms with E-state index in [4.69, 9.17) is 0 Å². The van der Waals surface area contributed by atoms with E-state index in [1.165, 1.54) is 11.1 Å². The van der Waals surface area contributed by atoms with E-state index in [-0.39, 0.29) is 11.8 Å². The first-order chi connectivity index (χ1) is 9.49. The SMILES string of the molecule is CC(C)c1ccc(CN(C)C(=O)C2CNCC2C)cc1. The van der Waals surface area contributed by atoms with E-state index in [9.17, 15) is 4.79 Å². The van der Waals surface area contributed by atoms with Crippen molar-refractivity contribution in [3.63, 3.8) is 0 Å². The van der Waals surface area contributed by atoms with E-state index >= 15 is 0 Å². The van der Waals surface area contributed by atoms with Gasteiger partial charge in [0, 0.05) is 20.1 Å². The fourth-order valence-corrected chi connectivity index (χ4v) is 2.78. The Morgan fingerprint density at radius 2 is 1.95 bits per heavy atom. The molecule has 1 N–H and O–H groups in total. The van der Waals surface area contributed by atoms with Crippen LogP contribution in [0.2, 0.25) is 0 Å². The highest BCUT2D eigenvalue weighted by Gasteiger charge is 2.31.